The van der Waals surface area contributed by atoms with Crippen LogP contribution in [0, 0.1) is 0 Å². The molecule has 4 nitrogen and oxygen atoms in total. The van der Waals surface area contributed by atoms with Crippen LogP contribution in [0.1, 0.15) is 39.5 Å². The first-order valence-electron chi connectivity index (χ1n) is 4.58. The molecule has 82 valence electrons. The topological polar surface area (TPSA) is 81.5 Å². The minimum Gasteiger partial charge on any atom is -0.344 e. The van der Waals surface area contributed by atoms with E-state index in [9.17, 15) is 4.57 Å². The fourth-order valence-electron chi connectivity index (χ4n) is 1.00. The minimum absolute atomic E-state index is 0. The van der Waals surface area contributed by atoms with Gasteiger partial charge in [-0.05, 0) is 13.3 Å². The van der Waals surface area contributed by atoms with Gasteiger partial charge in [0, 0.05) is 6.16 Å². The van der Waals surface area contributed by atoms with Crippen molar-refractivity contribution >= 4 is 7.60 Å². The number of unbranched alkanes of at least 4 members (excludes halogenated alkanes) is 3. The van der Waals surface area contributed by atoms with Crippen molar-refractivity contribution in [3.8, 4) is 0 Å². The Labute approximate surface area is 80.8 Å². The molecule has 13 heavy (non-hydrogen) atoms. The van der Waals surface area contributed by atoms with Gasteiger partial charge in [-0.15, -0.1) is 0 Å². The summed E-state index contributed by atoms with van der Waals surface area (Å²) in [5.41, 5.74) is 0. The third-order valence-corrected chi connectivity index (χ3v) is 3.17. The van der Waals surface area contributed by atoms with Crippen molar-refractivity contribution in [2.45, 2.75) is 39.5 Å². The summed E-state index contributed by atoms with van der Waals surface area (Å²) < 4.78 is 15.8. The van der Waals surface area contributed by atoms with E-state index in [1.807, 2.05) is 0 Å². The lowest BCUT2D eigenvalue weighted by Crippen LogP contribution is -1.94. The molecular formula is C8H22NO3P. The molecule has 0 aliphatic carbocycles. The van der Waals surface area contributed by atoms with E-state index in [-0.39, 0.29) is 6.15 Å². The maximum Gasteiger partial charge on any atom is 0.328 e. The lowest BCUT2D eigenvalue weighted by Gasteiger charge is -2.09. The maximum absolute atomic E-state index is 11.1. The summed E-state index contributed by atoms with van der Waals surface area (Å²) in [7, 11) is -3.23. The molecule has 0 saturated heterocycles. The summed E-state index contributed by atoms with van der Waals surface area (Å²) in [4.78, 5) is 9.15. The van der Waals surface area contributed by atoms with E-state index in [0.717, 1.165) is 25.7 Å². The van der Waals surface area contributed by atoms with Crippen LogP contribution in [0.5, 0.6) is 0 Å². The first kappa shape index (κ1) is 15.6. The molecule has 0 aromatic carbocycles. The van der Waals surface area contributed by atoms with Crippen molar-refractivity contribution in [2.75, 3.05) is 12.8 Å². The van der Waals surface area contributed by atoms with E-state index in [2.05, 4.69) is 6.92 Å². The first-order chi connectivity index (χ1) is 5.62. The molecule has 5 heteroatoms. The molecule has 4 N–H and O–H groups in total. The highest BCUT2D eigenvalue weighted by molar-refractivity contribution is 7.52. The Kier molecular flexibility index (Phi) is 10.4. The lowest BCUT2D eigenvalue weighted by atomic mass is 10.2. The molecule has 0 heterocycles. The van der Waals surface area contributed by atoms with Gasteiger partial charge in [-0.3, -0.25) is 4.57 Å². The van der Waals surface area contributed by atoms with Crippen LogP contribution in [-0.2, 0) is 9.09 Å². The molecule has 0 aliphatic rings. The highest BCUT2D eigenvalue weighted by Crippen LogP contribution is 2.42. The van der Waals surface area contributed by atoms with E-state index in [4.69, 9.17) is 9.42 Å². The van der Waals surface area contributed by atoms with Crippen LogP contribution in [0.4, 0.5) is 0 Å². The SMILES string of the molecule is CCCCCCP(=O)(O)OCC.N. The van der Waals surface area contributed by atoms with Gasteiger partial charge < -0.3 is 15.6 Å². The predicted molar refractivity (Wildman–Crippen MR) is 55.5 cm³/mol. The van der Waals surface area contributed by atoms with Gasteiger partial charge in [-0.1, -0.05) is 26.2 Å². The Hall–Kier alpha value is 0.110. The van der Waals surface area contributed by atoms with Crippen molar-refractivity contribution in [1.82, 2.24) is 6.15 Å². The van der Waals surface area contributed by atoms with Gasteiger partial charge in [0.1, 0.15) is 0 Å². The zero-order chi connectivity index (χ0) is 9.45. The van der Waals surface area contributed by atoms with Crippen LogP contribution in [0.25, 0.3) is 0 Å². The Morgan fingerprint density at radius 3 is 2.31 bits per heavy atom. The Balaban J connectivity index is 0. The summed E-state index contributed by atoms with van der Waals surface area (Å²) in [5.74, 6) is 0. The summed E-state index contributed by atoms with van der Waals surface area (Å²) >= 11 is 0. The van der Waals surface area contributed by atoms with Crippen LogP contribution < -0.4 is 6.15 Å². The molecule has 0 bridgehead atoms. The Bertz CT molecular complexity index is 152. The molecular weight excluding hydrogens is 189 g/mol. The third-order valence-electron chi connectivity index (χ3n) is 1.63. The van der Waals surface area contributed by atoms with E-state index in [0.29, 0.717) is 12.8 Å². The van der Waals surface area contributed by atoms with Crippen molar-refractivity contribution in [3.63, 3.8) is 0 Å². The van der Waals surface area contributed by atoms with Crippen LogP contribution >= 0.6 is 7.60 Å². The first-order valence-corrected chi connectivity index (χ1v) is 6.35. The average molecular weight is 211 g/mol. The second-order valence-electron chi connectivity index (χ2n) is 2.84. The Morgan fingerprint density at radius 2 is 1.85 bits per heavy atom. The molecule has 0 fully saturated rings. The van der Waals surface area contributed by atoms with Crippen molar-refractivity contribution in [3.05, 3.63) is 0 Å². The molecule has 0 saturated carbocycles. The highest BCUT2D eigenvalue weighted by Gasteiger charge is 2.16. The smallest absolute Gasteiger partial charge is 0.328 e. The van der Waals surface area contributed by atoms with Crippen LogP contribution in [0.3, 0.4) is 0 Å². The van der Waals surface area contributed by atoms with Gasteiger partial charge in [-0.2, -0.15) is 0 Å². The largest absolute Gasteiger partial charge is 0.344 e. The predicted octanol–water partition coefficient (Wildman–Crippen LogP) is 2.95. The van der Waals surface area contributed by atoms with Crippen LogP contribution in [0.2, 0.25) is 0 Å². The number of rotatable bonds is 7. The average Bonchev–Trinajstić information content (AvgIpc) is 1.98. The van der Waals surface area contributed by atoms with Crippen molar-refractivity contribution in [2.24, 2.45) is 0 Å². The standard InChI is InChI=1S/C8H19O3P.H3N/c1-3-5-6-7-8-12(9,10)11-4-2;/h3-8H2,1-2H3,(H,9,10);1H3. The molecule has 0 spiro atoms. The molecule has 0 radical (unpaired) electrons. The summed E-state index contributed by atoms with van der Waals surface area (Å²) in [5, 5.41) is 0. The van der Waals surface area contributed by atoms with E-state index in [1.54, 1.807) is 6.92 Å². The Morgan fingerprint density at radius 1 is 1.23 bits per heavy atom. The molecule has 0 amide bonds. The van der Waals surface area contributed by atoms with Crippen molar-refractivity contribution < 1.29 is 14.0 Å². The zero-order valence-electron chi connectivity index (χ0n) is 8.66. The molecule has 0 aromatic heterocycles. The van der Waals surface area contributed by atoms with Crippen molar-refractivity contribution in [1.29, 1.82) is 0 Å². The van der Waals surface area contributed by atoms with Gasteiger partial charge in [0.05, 0.1) is 6.61 Å². The fraction of sp³-hybridized carbons (Fsp3) is 1.00. The van der Waals surface area contributed by atoms with E-state index >= 15 is 0 Å². The summed E-state index contributed by atoms with van der Waals surface area (Å²) in [6.07, 6.45) is 4.40. The highest BCUT2D eigenvalue weighted by atomic mass is 31.2. The minimum atomic E-state index is -3.23. The van der Waals surface area contributed by atoms with Gasteiger partial charge in [0.25, 0.3) is 0 Å². The van der Waals surface area contributed by atoms with E-state index in [1.165, 1.54) is 0 Å². The zero-order valence-corrected chi connectivity index (χ0v) is 9.56. The van der Waals surface area contributed by atoms with Gasteiger partial charge in [0.2, 0.25) is 0 Å². The second kappa shape index (κ2) is 8.70. The van der Waals surface area contributed by atoms with Gasteiger partial charge >= 0.3 is 7.60 Å². The van der Waals surface area contributed by atoms with Gasteiger partial charge in [0.15, 0.2) is 0 Å². The number of hydrogen-bond acceptors (Lipinski definition) is 3. The summed E-state index contributed by atoms with van der Waals surface area (Å²) in [6, 6.07) is 0. The van der Waals surface area contributed by atoms with Crippen LogP contribution in [0.15, 0.2) is 0 Å². The fourth-order valence-corrected chi connectivity index (χ4v) is 2.16. The quantitative estimate of drug-likeness (QED) is 0.501. The van der Waals surface area contributed by atoms with E-state index < -0.39 is 7.60 Å². The second-order valence-corrected chi connectivity index (χ2v) is 4.82. The molecule has 1 unspecified atom stereocenters. The maximum atomic E-state index is 11.1. The lowest BCUT2D eigenvalue weighted by molar-refractivity contribution is 0.273. The normalized spacial score (nSPS) is 14.7. The molecule has 0 aliphatic heterocycles. The third kappa shape index (κ3) is 10.0. The van der Waals surface area contributed by atoms with Gasteiger partial charge in [-0.25, -0.2) is 0 Å². The number of hydrogen-bond donors (Lipinski definition) is 2. The molecule has 1 atom stereocenters. The van der Waals surface area contributed by atoms with Crippen LogP contribution in [-0.4, -0.2) is 17.7 Å². The molecule has 0 aromatic rings. The molecule has 0 rings (SSSR count). The monoisotopic (exact) mass is 211 g/mol. The summed E-state index contributed by atoms with van der Waals surface area (Å²) in [6.45, 7) is 4.16.